The third-order valence-electron chi connectivity index (χ3n) is 2.69. The normalized spacial score (nSPS) is 11.6. The Hall–Kier alpha value is -1.68. The zero-order chi connectivity index (χ0) is 15.3. The molecule has 0 atom stereocenters. The fourth-order valence-corrected chi connectivity index (χ4v) is 2.32. The quantitative estimate of drug-likeness (QED) is 0.532. The summed E-state index contributed by atoms with van der Waals surface area (Å²) in [5.41, 5.74) is 0.197. The van der Waals surface area contributed by atoms with Crippen molar-refractivity contribution in [2.24, 2.45) is 0 Å². The van der Waals surface area contributed by atoms with Crippen molar-refractivity contribution in [3.05, 3.63) is 15.8 Å². The van der Waals surface area contributed by atoms with E-state index in [9.17, 15) is 18.5 Å². The lowest BCUT2D eigenvalue weighted by Gasteiger charge is -2.08. The molecule has 0 aliphatic carbocycles. The van der Waals surface area contributed by atoms with E-state index in [4.69, 9.17) is 0 Å². The first-order valence-corrected chi connectivity index (χ1v) is 7.84. The molecule has 2 N–H and O–H groups in total. The van der Waals surface area contributed by atoms with Crippen LogP contribution in [-0.4, -0.2) is 42.5 Å². The van der Waals surface area contributed by atoms with Crippen LogP contribution in [0.4, 0.5) is 11.5 Å². The number of nitrogens with one attached hydrogen (secondary N) is 2. The van der Waals surface area contributed by atoms with Crippen LogP contribution in [0, 0.1) is 17.0 Å². The Bertz CT molecular complexity index is 581. The van der Waals surface area contributed by atoms with Crippen LogP contribution in [0.25, 0.3) is 0 Å². The number of hydrogen-bond acceptors (Lipinski definition) is 6. The molecule has 1 rings (SSSR count). The average molecular weight is 305 g/mol. The maximum Gasteiger partial charge on any atom is 0.333 e. The van der Waals surface area contributed by atoms with Crippen molar-refractivity contribution < 1.29 is 13.3 Å². The van der Waals surface area contributed by atoms with Crippen molar-refractivity contribution in [2.45, 2.75) is 26.8 Å². The van der Waals surface area contributed by atoms with Gasteiger partial charge in [-0.2, -0.15) is 5.10 Å². The topological polar surface area (TPSA) is 119 Å². The Morgan fingerprint density at radius 3 is 2.60 bits per heavy atom. The van der Waals surface area contributed by atoms with Crippen LogP contribution in [0.5, 0.6) is 0 Å². The molecule has 0 fully saturated rings. The van der Waals surface area contributed by atoms with Crippen LogP contribution in [-0.2, 0) is 16.6 Å². The van der Waals surface area contributed by atoms with Gasteiger partial charge in [-0.1, -0.05) is 6.92 Å². The number of nitro groups is 1. The van der Waals surface area contributed by atoms with Gasteiger partial charge in [-0.05, 0) is 20.4 Å². The molecule has 0 unspecified atom stereocenters. The van der Waals surface area contributed by atoms with E-state index in [1.807, 2.05) is 6.92 Å². The summed E-state index contributed by atoms with van der Waals surface area (Å²) in [4.78, 5) is 10.5. The van der Waals surface area contributed by atoms with Gasteiger partial charge < -0.3 is 5.32 Å². The van der Waals surface area contributed by atoms with Crippen molar-refractivity contribution in [1.82, 2.24) is 14.5 Å². The smallest absolute Gasteiger partial charge is 0.333 e. The van der Waals surface area contributed by atoms with Gasteiger partial charge in [-0.3, -0.25) is 10.1 Å². The summed E-state index contributed by atoms with van der Waals surface area (Å²) < 4.78 is 26.3. The summed E-state index contributed by atoms with van der Waals surface area (Å²) in [5.74, 6) is 0.0810. The van der Waals surface area contributed by atoms with E-state index in [2.05, 4.69) is 15.1 Å². The second kappa shape index (κ2) is 6.66. The van der Waals surface area contributed by atoms with Crippen molar-refractivity contribution in [3.63, 3.8) is 0 Å². The standard InChI is InChI=1S/C10H19N5O4S/c1-4-6-14-10(9(15(16)17)8(2)13-14)12-5-7-20(18,19)11-3/h11-12H,4-7H2,1-3H3. The molecule has 0 aliphatic heterocycles. The lowest BCUT2D eigenvalue weighted by atomic mass is 10.4. The minimum Gasteiger partial charge on any atom is -0.363 e. The van der Waals surface area contributed by atoms with Crippen molar-refractivity contribution in [3.8, 4) is 0 Å². The van der Waals surface area contributed by atoms with Gasteiger partial charge in [0, 0.05) is 13.1 Å². The van der Waals surface area contributed by atoms with Gasteiger partial charge in [0.15, 0.2) is 0 Å². The molecule has 114 valence electrons. The van der Waals surface area contributed by atoms with E-state index in [0.29, 0.717) is 12.2 Å². The second-order valence-corrected chi connectivity index (χ2v) is 6.26. The van der Waals surface area contributed by atoms with Gasteiger partial charge in [-0.15, -0.1) is 0 Å². The predicted molar refractivity (Wildman–Crippen MR) is 75.2 cm³/mol. The molecule has 1 aromatic heterocycles. The lowest BCUT2D eigenvalue weighted by Crippen LogP contribution is -2.26. The predicted octanol–water partition coefficient (Wildman–Crippen LogP) is 0.471. The molecule has 0 saturated heterocycles. The largest absolute Gasteiger partial charge is 0.363 e. The highest BCUT2D eigenvalue weighted by Crippen LogP contribution is 2.28. The summed E-state index contributed by atoms with van der Waals surface area (Å²) in [6.45, 7) is 4.08. The maximum absolute atomic E-state index is 11.3. The molecule has 0 amide bonds. The number of sulfonamides is 1. The van der Waals surface area contributed by atoms with Crippen molar-refractivity contribution in [1.29, 1.82) is 0 Å². The fraction of sp³-hybridized carbons (Fsp3) is 0.700. The average Bonchev–Trinajstić information content (AvgIpc) is 2.66. The Labute approximate surface area is 117 Å². The van der Waals surface area contributed by atoms with E-state index in [0.717, 1.165) is 6.42 Å². The Morgan fingerprint density at radius 1 is 1.45 bits per heavy atom. The summed E-state index contributed by atoms with van der Waals surface area (Å²) in [7, 11) is -2.03. The van der Waals surface area contributed by atoms with Crippen LogP contribution in [0.2, 0.25) is 0 Å². The Morgan fingerprint density at radius 2 is 2.10 bits per heavy atom. The monoisotopic (exact) mass is 305 g/mol. The summed E-state index contributed by atoms with van der Waals surface area (Å²) in [6.07, 6.45) is 0.766. The van der Waals surface area contributed by atoms with Gasteiger partial charge in [-0.25, -0.2) is 17.8 Å². The minimum atomic E-state index is -3.35. The van der Waals surface area contributed by atoms with E-state index in [1.165, 1.54) is 11.7 Å². The van der Waals surface area contributed by atoms with Gasteiger partial charge in [0.25, 0.3) is 0 Å². The van der Waals surface area contributed by atoms with Gasteiger partial charge >= 0.3 is 5.69 Å². The van der Waals surface area contributed by atoms with Crippen LogP contribution < -0.4 is 10.0 Å². The molecule has 0 radical (unpaired) electrons. The SMILES string of the molecule is CCCn1nc(C)c([N+](=O)[O-])c1NCCS(=O)(=O)NC. The third-order valence-corrected chi connectivity index (χ3v) is 4.05. The number of hydrogen-bond donors (Lipinski definition) is 2. The molecule has 20 heavy (non-hydrogen) atoms. The van der Waals surface area contributed by atoms with E-state index in [1.54, 1.807) is 6.92 Å². The number of rotatable bonds is 8. The van der Waals surface area contributed by atoms with Crippen molar-refractivity contribution >= 4 is 21.5 Å². The number of aryl methyl sites for hydroxylation is 2. The van der Waals surface area contributed by atoms with E-state index >= 15 is 0 Å². The molecule has 1 heterocycles. The highest BCUT2D eigenvalue weighted by atomic mass is 32.2. The first kappa shape index (κ1) is 16.4. The van der Waals surface area contributed by atoms with Crippen LogP contribution in [0.1, 0.15) is 19.0 Å². The van der Waals surface area contributed by atoms with E-state index < -0.39 is 14.9 Å². The molecule has 0 aromatic carbocycles. The highest BCUT2D eigenvalue weighted by molar-refractivity contribution is 7.89. The first-order chi connectivity index (χ1) is 9.32. The molecule has 10 heteroatoms. The molecule has 0 bridgehead atoms. The highest BCUT2D eigenvalue weighted by Gasteiger charge is 2.25. The first-order valence-electron chi connectivity index (χ1n) is 6.19. The zero-order valence-electron chi connectivity index (χ0n) is 11.7. The van der Waals surface area contributed by atoms with Gasteiger partial charge in [0.05, 0.1) is 10.7 Å². The van der Waals surface area contributed by atoms with Gasteiger partial charge in [0.1, 0.15) is 5.69 Å². The number of aromatic nitrogens is 2. The van der Waals surface area contributed by atoms with Crippen LogP contribution in [0.15, 0.2) is 0 Å². The third kappa shape index (κ3) is 3.90. The van der Waals surface area contributed by atoms with Crippen molar-refractivity contribution in [2.75, 3.05) is 24.7 Å². The summed E-state index contributed by atoms with van der Waals surface area (Å²) >= 11 is 0. The Balaban J connectivity index is 2.94. The maximum atomic E-state index is 11.3. The summed E-state index contributed by atoms with van der Waals surface area (Å²) in [5, 5.41) is 18.0. The van der Waals surface area contributed by atoms with Crippen LogP contribution in [0.3, 0.4) is 0 Å². The Kier molecular flexibility index (Phi) is 5.45. The second-order valence-electron chi connectivity index (χ2n) is 4.21. The molecular weight excluding hydrogens is 286 g/mol. The molecule has 9 nitrogen and oxygen atoms in total. The summed E-state index contributed by atoms with van der Waals surface area (Å²) in [6, 6.07) is 0. The fourth-order valence-electron chi connectivity index (χ4n) is 1.75. The molecule has 1 aromatic rings. The van der Waals surface area contributed by atoms with Gasteiger partial charge in [0.2, 0.25) is 15.8 Å². The lowest BCUT2D eigenvalue weighted by molar-refractivity contribution is -0.384. The number of anilines is 1. The molecule has 0 saturated carbocycles. The van der Waals surface area contributed by atoms with E-state index in [-0.39, 0.29) is 23.8 Å². The zero-order valence-corrected chi connectivity index (χ0v) is 12.5. The molecule has 0 spiro atoms. The minimum absolute atomic E-state index is 0.0683. The molecular formula is C10H19N5O4S. The number of nitrogens with zero attached hydrogens (tertiary/aromatic N) is 3. The van der Waals surface area contributed by atoms with Crippen LogP contribution >= 0.6 is 0 Å². The molecule has 0 aliphatic rings.